The number of ether oxygens (including phenoxy) is 1. The van der Waals surface area contributed by atoms with Gasteiger partial charge in [-0.3, -0.25) is 0 Å². The van der Waals surface area contributed by atoms with Crippen LogP contribution in [0.15, 0.2) is 11.2 Å². The van der Waals surface area contributed by atoms with Gasteiger partial charge in [0.05, 0.1) is 12.7 Å². The van der Waals surface area contributed by atoms with E-state index in [0.29, 0.717) is 24.2 Å². The average molecular weight is 269 g/mol. The number of aromatic nitrogens is 2. The van der Waals surface area contributed by atoms with Gasteiger partial charge in [0.25, 0.3) is 0 Å². The normalized spacial score (nSPS) is 19.9. The third-order valence-electron chi connectivity index (χ3n) is 2.86. The zero-order valence-corrected chi connectivity index (χ0v) is 11.6. The van der Waals surface area contributed by atoms with Gasteiger partial charge < -0.3 is 14.7 Å². The minimum absolute atomic E-state index is 0.262. The fraction of sp³-hybridized carbons (Fsp3) is 0.667. The summed E-state index contributed by atoms with van der Waals surface area (Å²) in [5.41, 5.74) is 0. The first kappa shape index (κ1) is 13.4. The molecular formula is C12H19N3O2S. The van der Waals surface area contributed by atoms with Gasteiger partial charge in [-0.25, -0.2) is 4.98 Å². The second kappa shape index (κ2) is 6.24. The number of aliphatic hydroxyl groups excluding tert-OH is 1. The van der Waals surface area contributed by atoms with Crippen LogP contribution in [-0.4, -0.2) is 47.1 Å². The van der Waals surface area contributed by atoms with E-state index >= 15 is 0 Å². The van der Waals surface area contributed by atoms with E-state index < -0.39 is 0 Å². The molecule has 2 rings (SSSR count). The van der Waals surface area contributed by atoms with Gasteiger partial charge in [-0.15, -0.1) is 0 Å². The van der Waals surface area contributed by atoms with Crippen LogP contribution in [0.3, 0.4) is 0 Å². The summed E-state index contributed by atoms with van der Waals surface area (Å²) >= 11 is 1.50. The maximum absolute atomic E-state index is 9.72. The molecule has 0 aromatic carbocycles. The van der Waals surface area contributed by atoms with Crippen LogP contribution in [0.2, 0.25) is 0 Å². The van der Waals surface area contributed by atoms with E-state index in [1.54, 1.807) is 0 Å². The topological polar surface area (TPSA) is 58.5 Å². The zero-order chi connectivity index (χ0) is 13.0. The molecule has 1 fully saturated rings. The van der Waals surface area contributed by atoms with Gasteiger partial charge in [0.15, 0.2) is 5.16 Å². The minimum atomic E-state index is -0.262. The number of hydrogen-bond donors (Lipinski definition) is 1. The summed E-state index contributed by atoms with van der Waals surface area (Å²) in [6.07, 6.45) is 3.54. The summed E-state index contributed by atoms with van der Waals surface area (Å²) in [6, 6.07) is 1.85. The van der Waals surface area contributed by atoms with Crippen LogP contribution in [0.1, 0.15) is 19.8 Å². The molecule has 0 amide bonds. The fourth-order valence-corrected chi connectivity index (χ4v) is 2.40. The largest absolute Gasteiger partial charge is 0.478 e. The molecule has 0 spiro atoms. The Morgan fingerprint density at radius 2 is 2.39 bits per heavy atom. The average Bonchev–Trinajstić information content (AvgIpc) is 2.39. The van der Waals surface area contributed by atoms with Gasteiger partial charge in [0.1, 0.15) is 5.82 Å². The molecule has 0 aliphatic carbocycles. The van der Waals surface area contributed by atoms with E-state index in [2.05, 4.69) is 14.9 Å². The maximum Gasteiger partial charge on any atom is 0.219 e. The Morgan fingerprint density at radius 3 is 3.06 bits per heavy atom. The third-order valence-corrected chi connectivity index (χ3v) is 3.41. The molecule has 1 aliphatic heterocycles. The highest BCUT2D eigenvalue weighted by Crippen LogP contribution is 2.24. The third kappa shape index (κ3) is 3.26. The van der Waals surface area contributed by atoms with Crippen molar-refractivity contribution in [2.45, 2.75) is 31.0 Å². The Hall–Kier alpha value is -1.01. The van der Waals surface area contributed by atoms with Crippen LogP contribution in [0.4, 0.5) is 5.82 Å². The molecule has 1 aromatic rings. The smallest absolute Gasteiger partial charge is 0.219 e. The highest BCUT2D eigenvalue weighted by molar-refractivity contribution is 7.98. The van der Waals surface area contributed by atoms with Crippen LogP contribution in [-0.2, 0) is 0 Å². The van der Waals surface area contributed by atoms with Crippen molar-refractivity contribution in [1.82, 2.24) is 9.97 Å². The molecule has 0 bridgehead atoms. The van der Waals surface area contributed by atoms with Crippen molar-refractivity contribution in [2.24, 2.45) is 0 Å². The molecule has 0 saturated carbocycles. The predicted octanol–water partition coefficient (Wildman–Crippen LogP) is 1.56. The molecule has 1 aliphatic rings. The summed E-state index contributed by atoms with van der Waals surface area (Å²) in [4.78, 5) is 10.9. The standard InChI is InChI=1S/C12H19N3O2S/c1-3-17-11-7-10(13-12(14-11)18-2)15-6-4-5-9(16)8-15/h7,9,16H,3-6,8H2,1-2H3/t9-/m1/s1. The summed E-state index contributed by atoms with van der Waals surface area (Å²) in [7, 11) is 0. The predicted molar refractivity (Wildman–Crippen MR) is 72.4 cm³/mol. The van der Waals surface area contributed by atoms with Crippen molar-refractivity contribution >= 4 is 17.6 Å². The van der Waals surface area contributed by atoms with Gasteiger partial charge in [-0.05, 0) is 26.0 Å². The second-order valence-electron chi connectivity index (χ2n) is 4.23. The summed E-state index contributed by atoms with van der Waals surface area (Å²) in [5.74, 6) is 1.45. The van der Waals surface area contributed by atoms with Gasteiger partial charge >= 0.3 is 0 Å². The number of β-amino-alcohol motifs (C(OH)–C–C–N with tert-alkyl or cyclic N) is 1. The number of aliphatic hydroxyl groups is 1. The van der Waals surface area contributed by atoms with Gasteiger partial charge in [0.2, 0.25) is 5.88 Å². The van der Waals surface area contributed by atoms with Crippen molar-refractivity contribution in [3.8, 4) is 5.88 Å². The van der Waals surface area contributed by atoms with Crippen molar-refractivity contribution in [3.63, 3.8) is 0 Å². The minimum Gasteiger partial charge on any atom is -0.478 e. The van der Waals surface area contributed by atoms with Gasteiger partial charge in [-0.1, -0.05) is 11.8 Å². The zero-order valence-electron chi connectivity index (χ0n) is 10.8. The Bertz CT molecular complexity index is 403. The molecular weight excluding hydrogens is 250 g/mol. The second-order valence-corrected chi connectivity index (χ2v) is 5.00. The fourth-order valence-electron chi connectivity index (χ4n) is 2.03. The lowest BCUT2D eigenvalue weighted by Gasteiger charge is -2.31. The van der Waals surface area contributed by atoms with E-state index in [9.17, 15) is 5.11 Å². The Labute approximate surface area is 112 Å². The van der Waals surface area contributed by atoms with Crippen molar-refractivity contribution < 1.29 is 9.84 Å². The van der Waals surface area contributed by atoms with E-state index in [1.807, 2.05) is 19.2 Å². The van der Waals surface area contributed by atoms with Crippen LogP contribution >= 0.6 is 11.8 Å². The Kier molecular flexibility index (Phi) is 4.66. The van der Waals surface area contributed by atoms with Crippen LogP contribution in [0.5, 0.6) is 5.88 Å². The quantitative estimate of drug-likeness (QED) is 0.661. The molecule has 5 nitrogen and oxygen atoms in total. The van der Waals surface area contributed by atoms with Crippen molar-refractivity contribution in [1.29, 1.82) is 0 Å². The van der Waals surface area contributed by atoms with Gasteiger partial charge in [0, 0.05) is 19.2 Å². The summed E-state index contributed by atoms with van der Waals surface area (Å²) in [6.45, 7) is 4.09. The van der Waals surface area contributed by atoms with E-state index in [1.165, 1.54) is 11.8 Å². The molecule has 100 valence electrons. The molecule has 1 aromatic heterocycles. The number of rotatable bonds is 4. The Morgan fingerprint density at radius 1 is 1.56 bits per heavy atom. The first-order valence-electron chi connectivity index (χ1n) is 6.21. The number of hydrogen-bond acceptors (Lipinski definition) is 6. The lowest BCUT2D eigenvalue weighted by molar-refractivity contribution is 0.153. The molecule has 2 heterocycles. The molecule has 1 N–H and O–H groups in total. The number of nitrogens with zero attached hydrogens (tertiary/aromatic N) is 3. The molecule has 0 unspecified atom stereocenters. The SMILES string of the molecule is CCOc1cc(N2CCC[C@@H](O)C2)nc(SC)n1. The number of thioether (sulfide) groups is 1. The van der Waals surface area contributed by atoms with Crippen LogP contribution in [0, 0.1) is 0 Å². The first-order valence-corrected chi connectivity index (χ1v) is 7.44. The highest BCUT2D eigenvalue weighted by atomic mass is 32.2. The summed E-state index contributed by atoms with van der Waals surface area (Å²) < 4.78 is 5.45. The lowest BCUT2D eigenvalue weighted by Crippen LogP contribution is -2.38. The van der Waals surface area contributed by atoms with E-state index in [4.69, 9.17) is 4.74 Å². The van der Waals surface area contributed by atoms with Crippen molar-refractivity contribution in [3.05, 3.63) is 6.07 Å². The first-order chi connectivity index (χ1) is 8.72. The molecule has 18 heavy (non-hydrogen) atoms. The number of anilines is 1. The van der Waals surface area contributed by atoms with E-state index in [0.717, 1.165) is 25.2 Å². The highest BCUT2D eigenvalue weighted by Gasteiger charge is 2.20. The summed E-state index contributed by atoms with van der Waals surface area (Å²) in [5, 5.41) is 10.4. The van der Waals surface area contributed by atoms with Crippen molar-refractivity contribution in [2.75, 3.05) is 30.9 Å². The van der Waals surface area contributed by atoms with Gasteiger partial charge in [-0.2, -0.15) is 4.98 Å². The van der Waals surface area contributed by atoms with E-state index in [-0.39, 0.29) is 6.10 Å². The molecule has 0 radical (unpaired) electrons. The number of piperidine rings is 1. The monoisotopic (exact) mass is 269 g/mol. The van der Waals surface area contributed by atoms with Crippen LogP contribution in [0.25, 0.3) is 0 Å². The maximum atomic E-state index is 9.72. The van der Waals surface area contributed by atoms with Crippen LogP contribution < -0.4 is 9.64 Å². The molecule has 1 saturated heterocycles. The lowest BCUT2D eigenvalue weighted by atomic mass is 10.1. The Balaban J connectivity index is 2.22. The molecule has 1 atom stereocenters. The molecule has 6 heteroatoms.